The van der Waals surface area contributed by atoms with Gasteiger partial charge in [-0.15, -0.1) is 0 Å². The lowest BCUT2D eigenvalue weighted by Gasteiger charge is -2.06. The molecule has 1 aromatic carbocycles. The predicted octanol–water partition coefficient (Wildman–Crippen LogP) is 1.10. The van der Waals surface area contributed by atoms with Crippen molar-refractivity contribution >= 4 is 24.1 Å². The fourth-order valence-corrected chi connectivity index (χ4v) is 1.68. The minimum Gasteiger partial charge on any atom is -0.478 e. The highest BCUT2D eigenvalue weighted by Gasteiger charge is 2.15. The van der Waals surface area contributed by atoms with Crippen LogP contribution in [0.5, 0.6) is 0 Å². The minimum atomic E-state index is -1.15. The van der Waals surface area contributed by atoms with Crippen LogP contribution in [0.25, 0.3) is 0 Å². The molecular formula is C11H10N4O3S. The van der Waals surface area contributed by atoms with Crippen molar-refractivity contribution < 1.29 is 14.7 Å². The first-order valence-corrected chi connectivity index (χ1v) is 5.73. The Bertz CT molecular complexity index is 676. The molecule has 0 aliphatic heterocycles. The fraction of sp³-hybridized carbons (Fsp3) is 0.0909. The molecule has 2 aromatic rings. The number of aromatic amines is 2. The molecule has 0 radical (unpaired) electrons. The van der Waals surface area contributed by atoms with E-state index in [1.54, 1.807) is 12.1 Å². The topological polar surface area (TPSA) is 111 Å². The number of carboxylic acid groups (broad SMARTS) is 1. The van der Waals surface area contributed by atoms with Gasteiger partial charge in [0.2, 0.25) is 4.77 Å². The van der Waals surface area contributed by atoms with E-state index >= 15 is 0 Å². The standard InChI is InChI=1S/C11H10N4O3S/c16-9(12-5-8-13-11(19)15-14-8)6-3-1-2-4-7(6)10(17)18/h1-4H,5H2,(H,12,16)(H,17,18)(H2,13,14,15,19). The fourth-order valence-electron chi connectivity index (χ4n) is 1.51. The lowest BCUT2D eigenvalue weighted by Crippen LogP contribution is -2.25. The number of benzene rings is 1. The van der Waals surface area contributed by atoms with Crippen LogP contribution in [0.1, 0.15) is 26.5 Å². The molecule has 0 bridgehead atoms. The second-order valence-corrected chi connectivity index (χ2v) is 4.03. The number of hydrogen-bond acceptors (Lipinski definition) is 4. The van der Waals surface area contributed by atoms with Crippen molar-refractivity contribution in [3.63, 3.8) is 0 Å². The van der Waals surface area contributed by atoms with Crippen molar-refractivity contribution in [2.75, 3.05) is 0 Å². The van der Waals surface area contributed by atoms with E-state index in [4.69, 9.17) is 17.3 Å². The molecule has 7 nitrogen and oxygen atoms in total. The summed E-state index contributed by atoms with van der Waals surface area (Å²) in [5, 5.41) is 16.8. The number of carboxylic acids is 1. The molecule has 4 N–H and O–H groups in total. The van der Waals surface area contributed by atoms with Crippen LogP contribution in [0.2, 0.25) is 0 Å². The van der Waals surface area contributed by atoms with Gasteiger partial charge in [-0.3, -0.25) is 15.0 Å². The molecule has 8 heteroatoms. The molecule has 0 saturated heterocycles. The number of nitrogens with zero attached hydrogens (tertiary/aromatic N) is 1. The van der Waals surface area contributed by atoms with E-state index in [1.165, 1.54) is 12.1 Å². The van der Waals surface area contributed by atoms with Gasteiger partial charge in [-0.05, 0) is 24.4 Å². The first kappa shape index (κ1) is 13.0. The van der Waals surface area contributed by atoms with Crippen LogP contribution in [0.3, 0.4) is 0 Å². The molecule has 0 unspecified atom stereocenters. The molecule has 2 rings (SSSR count). The van der Waals surface area contributed by atoms with Gasteiger partial charge < -0.3 is 10.4 Å². The van der Waals surface area contributed by atoms with Gasteiger partial charge in [-0.1, -0.05) is 12.1 Å². The summed E-state index contributed by atoms with van der Waals surface area (Å²) >= 11 is 4.77. The van der Waals surface area contributed by atoms with Crippen LogP contribution in [-0.4, -0.2) is 32.2 Å². The number of aromatic nitrogens is 3. The van der Waals surface area contributed by atoms with Crippen molar-refractivity contribution in [2.45, 2.75) is 6.54 Å². The maximum Gasteiger partial charge on any atom is 0.336 e. The van der Waals surface area contributed by atoms with E-state index in [0.29, 0.717) is 5.82 Å². The molecule has 0 saturated carbocycles. The Kier molecular flexibility index (Phi) is 3.71. The van der Waals surface area contributed by atoms with E-state index in [2.05, 4.69) is 20.5 Å². The monoisotopic (exact) mass is 278 g/mol. The number of carbonyl (C=O) groups excluding carboxylic acids is 1. The van der Waals surface area contributed by atoms with Gasteiger partial charge in [-0.2, -0.15) is 0 Å². The summed E-state index contributed by atoms with van der Waals surface area (Å²) in [6, 6.07) is 5.99. The number of amides is 1. The summed E-state index contributed by atoms with van der Waals surface area (Å²) in [4.78, 5) is 26.8. The van der Waals surface area contributed by atoms with Crippen LogP contribution >= 0.6 is 12.2 Å². The molecule has 98 valence electrons. The van der Waals surface area contributed by atoms with Crippen LogP contribution in [0.15, 0.2) is 24.3 Å². The van der Waals surface area contributed by atoms with Crippen LogP contribution in [0.4, 0.5) is 0 Å². The average Bonchev–Trinajstić information content (AvgIpc) is 2.81. The van der Waals surface area contributed by atoms with Gasteiger partial charge in [0.05, 0.1) is 17.7 Å². The molecular weight excluding hydrogens is 268 g/mol. The number of aromatic carboxylic acids is 1. The van der Waals surface area contributed by atoms with E-state index in [1.807, 2.05) is 0 Å². The first-order valence-electron chi connectivity index (χ1n) is 5.32. The van der Waals surface area contributed by atoms with Crippen molar-refractivity contribution in [1.29, 1.82) is 0 Å². The van der Waals surface area contributed by atoms with E-state index in [0.717, 1.165) is 0 Å². The minimum absolute atomic E-state index is 0.0463. The molecule has 0 spiro atoms. The Morgan fingerprint density at radius 2 is 1.95 bits per heavy atom. The van der Waals surface area contributed by atoms with Gasteiger partial charge in [0.1, 0.15) is 5.82 Å². The molecule has 0 aliphatic rings. The predicted molar refractivity (Wildman–Crippen MR) is 68.3 cm³/mol. The highest BCUT2D eigenvalue weighted by molar-refractivity contribution is 7.71. The Morgan fingerprint density at radius 1 is 1.26 bits per heavy atom. The van der Waals surface area contributed by atoms with Gasteiger partial charge in [0, 0.05) is 0 Å². The zero-order valence-electron chi connectivity index (χ0n) is 9.64. The van der Waals surface area contributed by atoms with Crippen molar-refractivity contribution in [1.82, 2.24) is 20.5 Å². The van der Waals surface area contributed by atoms with Gasteiger partial charge in [0.25, 0.3) is 5.91 Å². The Hall–Kier alpha value is -2.48. The Balaban J connectivity index is 2.12. The van der Waals surface area contributed by atoms with E-state index in [9.17, 15) is 9.59 Å². The smallest absolute Gasteiger partial charge is 0.336 e. The SMILES string of the molecule is O=C(O)c1ccccc1C(=O)NCc1nc(=S)[nH][nH]1. The van der Waals surface area contributed by atoms with E-state index in [-0.39, 0.29) is 22.4 Å². The highest BCUT2D eigenvalue weighted by Crippen LogP contribution is 2.08. The van der Waals surface area contributed by atoms with Crippen molar-refractivity contribution in [3.8, 4) is 0 Å². The van der Waals surface area contributed by atoms with Crippen LogP contribution < -0.4 is 5.32 Å². The molecule has 0 aliphatic carbocycles. The molecule has 1 heterocycles. The lowest BCUT2D eigenvalue weighted by atomic mass is 10.1. The maximum atomic E-state index is 11.9. The van der Waals surface area contributed by atoms with Crippen molar-refractivity contribution in [2.24, 2.45) is 0 Å². The van der Waals surface area contributed by atoms with Crippen molar-refractivity contribution in [3.05, 3.63) is 46.0 Å². The summed E-state index contributed by atoms with van der Waals surface area (Å²) in [6.07, 6.45) is 0. The zero-order valence-corrected chi connectivity index (χ0v) is 10.5. The number of hydrogen-bond donors (Lipinski definition) is 4. The molecule has 0 fully saturated rings. The summed E-state index contributed by atoms with van der Waals surface area (Å²) in [6.45, 7) is 0.125. The third-order valence-corrected chi connectivity index (χ3v) is 2.56. The van der Waals surface area contributed by atoms with Gasteiger partial charge in [0.15, 0.2) is 0 Å². The second-order valence-electron chi connectivity index (χ2n) is 3.65. The Labute approximate surface area is 112 Å². The first-order chi connectivity index (χ1) is 9.08. The molecule has 19 heavy (non-hydrogen) atoms. The number of H-pyrrole nitrogens is 2. The summed E-state index contributed by atoms with van der Waals surface area (Å²) in [7, 11) is 0. The largest absolute Gasteiger partial charge is 0.478 e. The third kappa shape index (κ3) is 3.05. The van der Waals surface area contributed by atoms with E-state index < -0.39 is 11.9 Å². The van der Waals surface area contributed by atoms with Gasteiger partial charge >= 0.3 is 5.97 Å². The number of nitrogens with one attached hydrogen (secondary N) is 3. The summed E-state index contributed by atoms with van der Waals surface area (Å²) in [5.74, 6) is -1.17. The van der Waals surface area contributed by atoms with Crippen LogP contribution in [-0.2, 0) is 6.54 Å². The third-order valence-electron chi connectivity index (χ3n) is 2.37. The molecule has 0 atom stereocenters. The Morgan fingerprint density at radius 3 is 2.53 bits per heavy atom. The number of rotatable bonds is 4. The normalized spacial score (nSPS) is 10.1. The maximum absolute atomic E-state index is 11.9. The quantitative estimate of drug-likeness (QED) is 0.626. The lowest BCUT2D eigenvalue weighted by molar-refractivity contribution is 0.0691. The summed E-state index contributed by atoms with van der Waals surface area (Å²) in [5.41, 5.74) is 0.0547. The molecule has 1 aromatic heterocycles. The number of carbonyl (C=O) groups is 2. The molecule has 1 amide bonds. The second kappa shape index (κ2) is 5.44. The highest BCUT2D eigenvalue weighted by atomic mass is 32.1. The van der Waals surface area contributed by atoms with Crippen LogP contribution in [0, 0.1) is 4.77 Å². The summed E-state index contributed by atoms with van der Waals surface area (Å²) < 4.78 is 0.287. The van der Waals surface area contributed by atoms with Gasteiger partial charge in [-0.25, -0.2) is 9.78 Å². The zero-order chi connectivity index (χ0) is 13.8. The average molecular weight is 278 g/mol.